The Morgan fingerprint density at radius 3 is 1.22 bits per heavy atom. The molecule has 2 aliphatic rings. The molecule has 68 heavy (non-hydrogen) atoms. The van der Waals surface area contributed by atoms with E-state index in [1.807, 2.05) is 41.5 Å². The first kappa shape index (κ1) is 57.6. The number of hydrogen-bond donors (Lipinski definition) is 0. The SMILES string of the molecule is C#CCN1CCN(C(=O)OC(C)(C)C)CC1.COC(=O)c1cc(C#CCN2CCN(C(=O)OC(C)(C)C)CC2)cc(C(=O)OC)c1.COC(=O)c1cc(OS(=O)(=O)C(F)(F)F)cc(C(=O)OC)c1. The van der Waals surface area contributed by atoms with Crippen molar-refractivity contribution in [3.8, 4) is 29.9 Å². The van der Waals surface area contributed by atoms with Crippen molar-refractivity contribution in [2.45, 2.75) is 58.3 Å². The number of piperazine rings is 2. The number of carbonyl (C=O) groups excluding carboxylic acids is 6. The van der Waals surface area contributed by atoms with Crippen molar-refractivity contribution in [3.63, 3.8) is 0 Å². The Balaban J connectivity index is 0.000000368. The molecule has 4 rings (SSSR count). The number of carbonyl (C=O) groups is 6. The van der Waals surface area contributed by atoms with Gasteiger partial charge in [0.05, 0.1) is 63.8 Å². The zero-order chi connectivity index (χ0) is 51.6. The van der Waals surface area contributed by atoms with Gasteiger partial charge in [-0.05, 0) is 77.9 Å². The highest BCUT2D eigenvalue weighted by molar-refractivity contribution is 7.88. The Hall–Kier alpha value is -6.56. The minimum Gasteiger partial charge on any atom is -0.465 e. The summed E-state index contributed by atoms with van der Waals surface area (Å²) in [7, 11) is -1.43. The fourth-order valence-corrected chi connectivity index (χ4v) is 6.12. The van der Waals surface area contributed by atoms with Gasteiger partial charge in [0.2, 0.25) is 0 Å². The van der Waals surface area contributed by atoms with Crippen LogP contribution in [0, 0.1) is 24.2 Å². The fraction of sp³-hybridized carbons (Fsp3) is 0.511. The standard InChI is InChI=1S/C22H28N2O6.C12H20N2O2.C11H9F3O7S/c1-22(2,3)30-21(27)24-11-9-23(10-12-24)8-6-7-16-13-17(19(25)28-4)15-18(14-16)20(26)29-5;1-5-6-13-7-9-14(10-8-13)11(15)16-12(2,3)4;1-19-9(15)6-3-7(10(16)20-2)5-8(4-6)21-22(17,18)11(12,13)14/h13-15H,8-12H2,1-5H3;1H,6-10H2,2-4H3;3-5H,1-2H3. The minimum absolute atomic E-state index is 0.229. The third-order valence-corrected chi connectivity index (χ3v) is 9.89. The molecule has 2 aromatic rings. The number of amides is 2. The topological polar surface area (TPSA) is 214 Å². The smallest absolute Gasteiger partial charge is 0.465 e. The zero-order valence-corrected chi connectivity index (χ0v) is 40.4. The second kappa shape index (κ2) is 25.5. The fourth-order valence-electron chi connectivity index (χ4n) is 5.68. The van der Waals surface area contributed by atoms with Crippen LogP contribution in [0.3, 0.4) is 0 Å². The molecular weight excluding hydrogens is 926 g/mol. The molecule has 2 aromatic carbocycles. The van der Waals surface area contributed by atoms with E-state index in [4.69, 9.17) is 25.4 Å². The van der Waals surface area contributed by atoms with E-state index in [9.17, 15) is 50.4 Å². The van der Waals surface area contributed by atoms with Gasteiger partial charge in [0.15, 0.2) is 0 Å². The second-order valence-corrected chi connectivity index (χ2v) is 18.0. The van der Waals surface area contributed by atoms with E-state index in [-0.39, 0.29) is 23.3 Å². The molecule has 0 N–H and O–H groups in total. The van der Waals surface area contributed by atoms with Crippen LogP contribution in [-0.2, 0) is 38.5 Å². The molecular formula is C45H57F3N4O15S. The predicted molar refractivity (Wildman–Crippen MR) is 238 cm³/mol. The summed E-state index contributed by atoms with van der Waals surface area (Å²) in [6, 6.07) is 6.88. The molecule has 2 aliphatic heterocycles. The van der Waals surface area contributed by atoms with Gasteiger partial charge in [0, 0.05) is 57.9 Å². The summed E-state index contributed by atoms with van der Waals surface area (Å²) in [5, 5.41) is 0. The third-order valence-electron chi connectivity index (χ3n) is 8.91. The van der Waals surface area contributed by atoms with Gasteiger partial charge in [0.25, 0.3) is 0 Å². The van der Waals surface area contributed by atoms with E-state index in [2.05, 4.69) is 41.2 Å². The van der Waals surface area contributed by atoms with E-state index in [0.29, 0.717) is 70.1 Å². The summed E-state index contributed by atoms with van der Waals surface area (Å²) in [6.07, 6.45) is 4.71. The lowest BCUT2D eigenvalue weighted by molar-refractivity contribution is -0.0500. The maximum Gasteiger partial charge on any atom is 0.534 e. The first-order valence-electron chi connectivity index (χ1n) is 20.5. The zero-order valence-electron chi connectivity index (χ0n) is 39.6. The van der Waals surface area contributed by atoms with Crippen LogP contribution in [0.5, 0.6) is 5.75 Å². The van der Waals surface area contributed by atoms with Crippen LogP contribution in [0.1, 0.15) is 88.5 Å². The maximum absolute atomic E-state index is 12.3. The van der Waals surface area contributed by atoms with Gasteiger partial charge in [0.1, 0.15) is 17.0 Å². The number of methoxy groups -OCH3 is 4. The quantitative estimate of drug-likeness (QED) is 0.114. The van der Waals surface area contributed by atoms with Gasteiger partial charge >= 0.3 is 51.7 Å². The van der Waals surface area contributed by atoms with E-state index >= 15 is 0 Å². The van der Waals surface area contributed by atoms with E-state index < -0.39 is 67.6 Å². The Morgan fingerprint density at radius 1 is 0.574 bits per heavy atom. The molecule has 0 radical (unpaired) electrons. The van der Waals surface area contributed by atoms with Gasteiger partial charge in [-0.1, -0.05) is 17.8 Å². The van der Waals surface area contributed by atoms with Gasteiger partial charge in [-0.2, -0.15) is 21.6 Å². The maximum atomic E-state index is 12.3. The summed E-state index contributed by atoms with van der Waals surface area (Å²) in [5.74, 6) is 4.63. The van der Waals surface area contributed by atoms with Crippen LogP contribution in [0.4, 0.5) is 22.8 Å². The van der Waals surface area contributed by atoms with E-state index in [0.717, 1.165) is 33.4 Å². The van der Waals surface area contributed by atoms with Crippen LogP contribution >= 0.6 is 0 Å². The molecule has 0 atom stereocenters. The number of hydrogen-bond acceptors (Lipinski definition) is 17. The number of terminal acetylenes is 1. The normalized spacial score (nSPS) is 14.4. The lowest BCUT2D eigenvalue weighted by Gasteiger charge is -2.34. The van der Waals surface area contributed by atoms with Gasteiger partial charge in [-0.3, -0.25) is 9.80 Å². The molecule has 0 spiro atoms. The molecule has 0 aliphatic carbocycles. The Bertz CT molecular complexity index is 2260. The molecule has 23 heteroatoms. The summed E-state index contributed by atoms with van der Waals surface area (Å²) < 4.78 is 91.4. The molecule has 0 bridgehead atoms. The average molecular weight is 983 g/mol. The number of ether oxygens (including phenoxy) is 6. The van der Waals surface area contributed by atoms with Gasteiger partial charge < -0.3 is 42.4 Å². The average Bonchev–Trinajstić information content (AvgIpc) is 3.27. The van der Waals surface area contributed by atoms with E-state index in [1.165, 1.54) is 20.3 Å². The largest absolute Gasteiger partial charge is 0.534 e. The molecule has 0 aromatic heterocycles. The Morgan fingerprint density at radius 2 is 0.912 bits per heavy atom. The molecule has 2 fully saturated rings. The lowest BCUT2D eigenvalue weighted by atomic mass is 10.1. The summed E-state index contributed by atoms with van der Waals surface area (Å²) >= 11 is 0. The molecule has 0 unspecified atom stereocenters. The lowest BCUT2D eigenvalue weighted by Crippen LogP contribution is -2.50. The van der Waals surface area contributed by atoms with Crippen molar-refractivity contribution in [2.75, 3.05) is 93.9 Å². The van der Waals surface area contributed by atoms with Crippen molar-refractivity contribution in [3.05, 3.63) is 64.2 Å². The molecule has 2 heterocycles. The van der Waals surface area contributed by atoms with Gasteiger partial charge in [-0.15, -0.1) is 6.42 Å². The number of rotatable bonds is 8. The number of benzene rings is 2. The Labute approximate surface area is 394 Å². The minimum atomic E-state index is -5.95. The van der Waals surface area contributed by atoms with Crippen molar-refractivity contribution in [1.29, 1.82) is 0 Å². The number of nitrogens with zero attached hydrogens (tertiary/aromatic N) is 4. The summed E-state index contributed by atoms with van der Waals surface area (Å²) in [6.45, 7) is 17.8. The molecule has 374 valence electrons. The first-order valence-corrected chi connectivity index (χ1v) is 21.9. The van der Waals surface area contributed by atoms with Crippen molar-refractivity contribution in [2.24, 2.45) is 0 Å². The predicted octanol–water partition coefficient (Wildman–Crippen LogP) is 4.82. The highest BCUT2D eigenvalue weighted by Crippen LogP contribution is 2.28. The second-order valence-electron chi connectivity index (χ2n) is 16.5. The van der Waals surface area contributed by atoms with Crippen LogP contribution < -0.4 is 4.18 Å². The molecule has 19 nitrogen and oxygen atoms in total. The number of alkyl halides is 3. The van der Waals surface area contributed by atoms with E-state index in [1.54, 1.807) is 21.9 Å². The number of halogens is 3. The van der Waals surface area contributed by atoms with Crippen LogP contribution in [-0.4, -0.2) is 175 Å². The Kier molecular flexibility index (Phi) is 21.6. The summed E-state index contributed by atoms with van der Waals surface area (Å²) in [4.78, 5) is 78.0. The van der Waals surface area contributed by atoms with Gasteiger partial charge in [-0.25, -0.2) is 28.8 Å². The van der Waals surface area contributed by atoms with Crippen LogP contribution in [0.25, 0.3) is 0 Å². The highest BCUT2D eigenvalue weighted by atomic mass is 32.2. The van der Waals surface area contributed by atoms with Crippen LogP contribution in [0.15, 0.2) is 36.4 Å². The summed E-state index contributed by atoms with van der Waals surface area (Å²) in [5.41, 5.74) is -6.40. The van der Waals surface area contributed by atoms with Crippen molar-refractivity contribution in [1.82, 2.24) is 19.6 Å². The highest BCUT2D eigenvalue weighted by Gasteiger charge is 2.48. The first-order chi connectivity index (χ1) is 31.6. The van der Waals surface area contributed by atoms with Crippen molar-refractivity contribution < 1.29 is 83.0 Å². The van der Waals surface area contributed by atoms with Crippen molar-refractivity contribution >= 4 is 46.2 Å². The third kappa shape index (κ3) is 19.3. The molecule has 2 saturated heterocycles. The van der Waals surface area contributed by atoms with Crippen LogP contribution in [0.2, 0.25) is 0 Å². The monoisotopic (exact) mass is 982 g/mol. The molecule has 0 saturated carbocycles. The molecule has 2 amide bonds. The number of esters is 4.